The summed E-state index contributed by atoms with van der Waals surface area (Å²) in [5, 5.41) is 0. The average molecular weight is 355 g/mol. The fraction of sp³-hybridized carbons (Fsp3) is 0.381. The Morgan fingerprint density at radius 1 is 1.12 bits per heavy atom. The van der Waals surface area contributed by atoms with Gasteiger partial charge in [0.2, 0.25) is 0 Å². The maximum atomic E-state index is 13.3. The Hall–Kier alpha value is -2.53. The van der Waals surface area contributed by atoms with Gasteiger partial charge >= 0.3 is 0 Å². The van der Waals surface area contributed by atoms with Gasteiger partial charge in [0.15, 0.2) is 11.5 Å². The molecule has 2 aromatic carbocycles. The second-order valence-corrected chi connectivity index (χ2v) is 6.35. The van der Waals surface area contributed by atoms with E-state index in [4.69, 9.17) is 14.2 Å². The summed E-state index contributed by atoms with van der Waals surface area (Å²) in [5.41, 5.74) is 1.58. The van der Waals surface area contributed by atoms with Gasteiger partial charge in [-0.1, -0.05) is 36.4 Å². The Morgan fingerprint density at radius 2 is 1.92 bits per heavy atom. The van der Waals surface area contributed by atoms with Gasteiger partial charge in [-0.3, -0.25) is 4.79 Å². The topological polar surface area (TPSA) is 48.0 Å². The van der Waals surface area contributed by atoms with E-state index in [1.165, 1.54) is 0 Å². The highest BCUT2D eigenvalue weighted by Gasteiger charge is 2.26. The molecule has 1 atom stereocenters. The van der Waals surface area contributed by atoms with Crippen molar-refractivity contribution < 1.29 is 19.0 Å². The van der Waals surface area contributed by atoms with Crippen LogP contribution in [0.25, 0.3) is 0 Å². The molecule has 3 rings (SSSR count). The minimum atomic E-state index is -0.0832. The maximum absolute atomic E-state index is 13.3. The molecule has 0 saturated carbocycles. The normalized spacial score (nSPS) is 16.3. The Labute approximate surface area is 154 Å². The Kier molecular flexibility index (Phi) is 6.12. The van der Waals surface area contributed by atoms with Crippen molar-refractivity contribution in [3.8, 4) is 11.5 Å². The van der Waals surface area contributed by atoms with Crippen molar-refractivity contribution in [2.45, 2.75) is 25.5 Å². The van der Waals surface area contributed by atoms with Crippen molar-refractivity contribution in [3.63, 3.8) is 0 Å². The number of amides is 1. The fourth-order valence-corrected chi connectivity index (χ4v) is 3.28. The van der Waals surface area contributed by atoms with Crippen molar-refractivity contribution in [1.29, 1.82) is 0 Å². The van der Waals surface area contributed by atoms with Crippen LogP contribution in [0.15, 0.2) is 48.5 Å². The van der Waals surface area contributed by atoms with E-state index in [9.17, 15) is 4.79 Å². The van der Waals surface area contributed by atoms with Crippen molar-refractivity contribution >= 4 is 5.91 Å². The van der Waals surface area contributed by atoms with Gasteiger partial charge in [-0.05, 0) is 30.5 Å². The fourth-order valence-electron chi connectivity index (χ4n) is 3.28. The number of hydrogen-bond donors (Lipinski definition) is 0. The van der Waals surface area contributed by atoms with Crippen LogP contribution in [0.1, 0.15) is 28.8 Å². The Balaban J connectivity index is 1.88. The van der Waals surface area contributed by atoms with Crippen LogP contribution in [-0.4, -0.2) is 44.3 Å². The van der Waals surface area contributed by atoms with Crippen LogP contribution in [-0.2, 0) is 11.3 Å². The number of rotatable bonds is 7. The molecule has 1 heterocycles. The second-order valence-electron chi connectivity index (χ2n) is 6.35. The maximum Gasteiger partial charge on any atom is 0.258 e. The van der Waals surface area contributed by atoms with Gasteiger partial charge in [0.25, 0.3) is 5.91 Å². The molecule has 1 aliphatic rings. The molecular weight excluding hydrogens is 330 g/mol. The molecule has 1 amide bonds. The van der Waals surface area contributed by atoms with Crippen molar-refractivity contribution in [1.82, 2.24) is 4.90 Å². The van der Waals surface area contributed by atoms with Gasteiger partial charge in [-0.25, -0.2) is 0 Å². The molecule has 0 N–H and O–H groups in total. The minimum absolute atomic E-state index is 0.0827. The highest BCUT2D eigenvalue weighted by molar-refractivity contribution is 5.97. The average Bonchev–Trinajstić information content (AvgIpc) is 3.20. The van der Waals surface area contributed by atoms with Gasteiger partial charge in [0.1, 0.15) is 0 Å². The SMILES string of the molecule is COc1cccc(C(=O)N(Cc2ccccc2)CC2CCCO2)c1OC. The molecule has 26 heavy (non-hydrogen) atoms. The van der Waals surface area contributed by atoms with Crippen molar-refractivity contribution in [2.75, 3.05) is 27.4 Å². The summed E-state index contributed by atoms with van der Waals surface area (Å²) in [4.78, 5) is 15.2. The van der Waals surface area contributed by atoms with E-state index in [1.54, 1.807) is 32.4 Å². The van der Waals surface area contributed by atoms with Crippen molar-refractivity contribution in [3.05, 3.63) is 59.7 Å². The predicted molar refractivity (Wildman–Crippen MR) is 99.7 cm³/mol. The third-order valence-electron chi connectivity index (χ3n) is 4.58. The number of para-hydroxylation sites is 1. The number of nitrogens with zero attached hydrogens (tertiary/aromatic N) is 1. The molecule has 0 spiro atoms. The van der Waals surface area contributed by atoms with E-state index >= 15 is 0 Å². The first kappa shape index (κ1) is 18.3. The summed E-state index contributed by atoms with van der Waals surface area (Å²) in [6.07, 6.45) is 2.10. The quantitative estimate of drug-likeness (QED) is 0.762. The molecule has 1 saturated heterocycles. The van der Waals surface area contributed by atoms with Crippen LogP contribution in [0.3, 0.4) is 0 Å². The minimum Gasteiger partial charge on any atom is -0.493 e. The molecule has 1 unspecified atom stereocenters. The molecule has 0 aromatic heterocycles. The molecule has 0 bridgehead atoms. The number of benzene rings is 2. The number of carbonyl (C=O) groups excluding carboxylic acids is 1. The van der Waals surface area contributed by atoms with Gasteiger partial charge in [0, 0.05) is 19.7 Å². The third kappa shape index (κ3) is 4.17. The van der Waals surface area contributed by atoms with Crippen LogP contribution >= 0.6 is 0 Å². The van der Waals surface area contributed by atoms with E-state index in [1.807, 2.05) is 35.2 Å². The first-order chi connectivity index (χ1) is 12.7. The zero-order valence-corrected chi connectivity index (χ0v) is 15.3. The van der Waals surface area contributed by atoms with Gasteiger partial charge in [-0.2, -0.15) is 0 Å². The molecule has 5 nitrogen and oxygen atoms in total. The van der Waals surface area contributed by atoms with Gasteiger partial charge < -0.3 is 19.1 Å². The van der Waals surface area contributed by atoms with Crippen LogP contribution < -0.4 is 9.47 Å². The van der Waals surface area contributed by atoms with E-state index in [-0.39, 0.29) is 12.0 Å². The largest absolute Gasteiger partial charge is 0.493 e. The first-order valence-corrected chi connectivity index (χ1v) is 8.88. The zero-order valence-electron chi connectivity index (χ0n) is 15.3. The molecular formula is C21H25NO4. The summed E-state index contributed by atoms with van der Waals surface area (Å²) < 4.78 is 16.6. The molecule has 5 heteroatoms. The molecule has 138 valence electrons. The van der Waals surface area contributed by atoms with E-state index in [2.05, 4.69) is 0 Å². The standard InChI is InChI=1S/C21H25NO4/c1-24-19-12-6-11-18(20(19)25-2)21(23)22(15-17-10-7-13-26-17)14-16-8-4-3-5-9-16/h3-6,8-9,11-12,17H,7,10,13-15H2,1-2H3. The van der Waals surface area contributed by atoms with Crippen LogP contribution in [0.2, 0.25) is 0 Å². The van der Waals surface area contributed by atoms with E-state index in [0.717, 1.165) is 25.0 Å². The summed E-state index contributed by atoms with van der Waals surface area (Å²) in [5.74, 6) is 0.931. The number of methoxy groups -OCH3 is 2. The molecule has 1 fully saturated rings. The number of hydrogen-bond acceptors (Lipinski definition) is 4. The lowest BCUT2D eigenvalue weighted by atomic mass is 10.1. The number of carbonyl (C=O) groups is 1. The molecule has 0 aliphatic carbocycles. The summed E-state index contributed by atoms with van der Waals surface area (Å²) >= 11 is 0. The second kappa shape index (κ2) is 8.72. The highest BCUT2D eigenvalue weighted by Crippen LogP contribution is 2.32. The Morgan fingerprint density at radius 3 is 2.58 bits per heavy atom. The van der Waals surface area contributed by atoms with Crippen LogP contribution in [0.5, 0.6) is 11.5 Å². The Bertz CT molecular complexity index is 726. The molecule has 2 aromatic rings. The summed E-state index contributed by atoms with van der Waals surface area (Å²) in [6.45, 7) is 1.86. The van der Waals surface area contributed by atoms with Gasteiger partial charge in [-0.15, -0.1) is 0 Å². The monoisotopic (exact) mass is 355 g/mol. The molecule has 1 aliphatic heterocycles. The lowest BCUT2D eigenvalue weighted by Crippen LogP contribution is -2.37. The smallest absolute Gasteiger partial charge is 0.258 e. The first-order valence-electron chi connectivity index (χ1n) is 8.88. The molecule has 0 radical (unpaired) electrons. The third-order valence-corrected chi connectivity index (χ3v) is 4.58. The lowest BCUT2D eigenvalue weighted by Gasteiger charge is -2.26. The van der Waals surface area contributed by atoms with E-state index in [0.29, 0.717) is 30.2 Å². The van der Waals surface area contributed by atoms with Gasteiger partial charge in [0.05, 0.1) is 25.9 Å². The predicted octanol–water partition coefficient (Wildman–Crippen LogP) is 3.53. The summed E-state index contributed by atoms with van der Waals surface area (Å²) in [7, 11) is 3.12. The van der Waals surface area contributed by atoms with Crippen LogP contribution in [0.4, 0.5) is 0 Å². The van der Waals surface area contributed by atoms with Crippen molar-refractivity contribution in [2.24, 2.45) is 0 Å². The lowest BCUT2D eigenvalue weighted by molar-refractivity contribution is 0.0504. The van der Waals surface area contributed by atoms with Crippen LogP contribution in [0, 0.1) is 0 Å². The number of ether oxygens (including phenoxy) is 3. The van der Waals surface area contributed by atoms with E-state index < -0.39 is 0 Å². The highest BCUT2D eigenvalue weighted by atomic mass is 16.5. The summed E-state index contributed by atoms with van der Waals surface area (Å²) in [6, 6.07) is 15.4. The zero-order chi connectivity index (χ0) is 18.4.